The molecule has 1 heterocycles. The average molecular weight is 404 g/mol. The standard InChI is InChI=1S/C23H20N2O3S/c1-17(29(28)20-15-9-4-10-16-20)21-22(26)24(18-11-5-2-6-12-18)25(23(21)27)19-13-7-3-8-14-19/h2-17,21H,1H3. The number of hydrazine groups is 1. The van der Waals surface area contributed by atoms with Crippen molar-refractivity contribution in [2.24, 2.45) is 5.92 Å². The van der Waals surface area contributed by atoms with Crippen LogP contribution in [0, 0.1) is 5.92 Å². The molecule has 4 rings (SSSR count). The lowest BCUT2D eigenvalue weighted by Crippen LogP contribution is -2.41. The lowest BCUT2D eigenvalue weighted by atomic mass is 10.1. The minimum Gasteiger partial charge on any atom is -0.272 e. The molecule has 2 atom stereocenters. The minimum atomic E-state index is -1.50. The molecule has 0 aromatic heterocycles. The van der Waals surface area contributed by atoms with Gasteiger partial charge in [0.25, 0.3) is 11.8 Å². The third-order valence-corrected chi connectivity index (χ3v) is 6.62. The Hall–Kier alpha value is -3.25. The van der Waals surface area contributed by atoms with Gasteiger partial charge in [-0.2, -0.15) is 0 Å². The monoisotopic (exact) mass is 404 g/mol. The lowest BCUT2D eigenvalue weighted by Gasteiger charge is -2.27. The Labute approximate surface area is 172 Å². The van der Waals surface area contributed by atoms with Crippen LogP contribution in [-0.2, 0) is 20.4 Å². The van der Waals surface area contributed by atoms with Crippen molar-refractivity contribution in [2.75, 3.05) is 10.0 Å². The van der Waals surface area contributed by atoms with E-state index in [1.54, 1.807) is 55.5 Å². The summed E-state index contributed by atoms with van der Waals surface area (Å²) in [6.45, 7) is 1.70. The van der Waals surface area contributed by atoms with Crippen molar-refractivity contribution in [2.45, 2.75) is 17.1 Å². The molecule has 3 aromatic rings. The summed E-state index contributed by atoms with van der Waals surface area (Å²) in [5.74, 6) is -1.78. The normalized spacial score (nSPS) is 16.9. The van der Waals surface area contributed by atoms with Crippen molar-refractivity contribution in [1.29, 1.82) is 0 Å². The summed E-state index contributed by atoms with van der Waals surface area (Å²) >= 11 is 0. The maximum atomic E-state index is 13.4. The van der Waals surface area contributed by atoms with Crippen LogP contribution in [0.25, 0.3) is 0 Å². The zero-order chi connectivity index (χ0) is 20.4. The van der Waals surface area contributed by atoms with E-state index in [0.29, 0.717) is 16.3 Å². The van der Waals surface area contributed by atoms with Crippen LogP contribution >= 0.6 is 0 Å². The van der Waals surface area contributed by atoms with Crippen molar-refractivity contribution < 1.29 is 13.8 Å². The first-order valence-electron chi connectivity index (χ1n) is 9.33. The van der Waals surface area contributed by atoms with E-state index in [2.05, 4.69) is 0 Å². The second-order valence-corrected chi connectivity index (χ2v) is 8.57. The highest BCUT2D eigenvalue weighted by molar-refractivity contribution is 7.85. The lowest BCUT2D eigenvalue weighted by molar-refractivity contribution is -0.126. The highest BCUT2D eigenvalue weighted by Crippen LogP contribution is 2.34. The Morgan fingerprint density at radius 1 is 0.690 bits per heavy atom. The first-order chi connectivity index (χ1) is 14.1. The fourth-order valence-corrected chi connectivity index (χ4v) is 4.82. The molecule has 29 heavy (non-hydrogen) atoms. The van der Waals surface area contributed by atoms with E-state index in [1.165, 1.54) is 10.0 Å². The van der Waals surface area contributed by atoms with E-state index >= 15 is 0 Å². The van der Waals surface area contributed by atoms with Gasteiger partial charge in [-0.05, 0) is 43.3 Å². The van der Waals surface area contributed by atoms with E-state index < -0.39 is 22.0 Å². The van der Waals surface area contributed by atoms with Crippen molar-refractivity contribution >= 4 is 34.0 Å². The summed E-state index contributed by atoms with van der Waals surface area (Å²) in [5, 5.41) is 2.11. The van der Waals surface area contributed by atoms with E-state index in [9.17, 15) is 13.8 Å². The third kappa shape index (κ3) is 3.47. The van der Waals surface area contributed by atoms with E-state index in [4.69, 9.17) is 0 Å². The van der Waals surface area contributed by atoms with Gasteiger partial charge in [0.2, 0.25) is 0 Å². The predicted octanol–water partition coefficient (Wildman–Crippen LogP) is 3.79. The number of hydrogen-bond donors (Lipinski definition) is 0. The molecule has 0 spiro atoms. The Balaban J connectivity index is 1.75. The van der Waals surface area contributed by atoms with E-state index in [1.807, 2.05) is 42.5 Å². The molecular formula is C23H20N2O3S. The van der Waals surface area contributed by atoms with Gasteiger partial charge in [0, 0.05) is 4.90 Å². The van der Waals surface area contributed by atoms with Crippen LogP contribution in [0.15, 0.2) is 95.9 Å². The highest BCUT2D eigenvalue weighted by atomic mass is 32.2. The summed E-state index contributed by atoms with van der Waals surface area (Å²) in [6.07, 6.45) is 0. The van der Waals surface area contributed by atoms with Gasteiger partial charge >= 0.3 is 0 Å². The van der Waals surface area contributed by atoms with Gasteiger partial charge in [-0.1, -0.05) is 54.6 Å². The predicted molar refractivity (Wildman–Crippen MR) is 114 cm³/mol. The van der Waals surface area contributed by atoms with Crippen molar-refractivity contribution in [3.05, 3.63) is 91.0 Å². The maximum Gasteiger partial charge on any atom is 0.260 e. The molecule has 1 saturated heterocycles. The average Bonchev–Trinajstić information content (AvgIpc) is 3.04. The topological polar surface area (TPSA) is 57.7 Å². The number of benzene rings is 3. The summed E-state index contributed by atoms with van der Waals surface area (Å²) in [4.78, 5) is 27.4. The highest BCUT2D eigenvalue weighted by Gasteiger charge is 2.51. The molecule has 3 aromatic carbocycles. The van der Waals surface area contributed by atoms with Crippen LogP contribution < -0.4 is 10.0 Å². The molecule has 0 N–H and O–H groups in total. The Morgan fingerprint density at radius 2 is 1.07 bits per heavy atom. The van der Waals surface area contributed by atoms with Crippen molar-refractivity contribution in [1.82, 2.24) is 0 Å². The number of para-hydroxylation sites is 2. The van der Waals surface area contributed by atoms with Gasteiger partial charge in [0.15, 0.2) is 0 Å². The van der Waals surface area contributed by atoms with Gasteiger partial charge < -0.3 is 0 Å². The molecule has 5 nitrogen and oxygen atoms in total. The van der Waals surface area contributed by atoms with Gasteiger partial charge in [0.05, 0.1) is 27.4 Å². The number of carbonyl (C=O) groups excluding carboxylic acids is 2. The second-order valence-electron chi connectivity index (χ2n) is 6.76. The van der Waals surface area contributed by atoms with E-state index in [-0.39, 0.29) is 11.8 Å². The fraction of sp³-hybridized carbons (Fsp3) is 0.130. The SMILES string of the molecule is CC(C1C(=O)N(c2ccccc2)N(c2ccccc2)C1=O)S(=O)c1ccccc1. The Morgan fingerprint density at radius 3 is 1.48 bits per heavy atom. The zero-order valence-electron chi connectivity index (χ0n) is 15.8. The van der Waals surface area contributed by atoms with Gasteiger partial charge in [0.1, 0.15) is 5.92 Å². The van der Waals surface area contributed by atoms with Crippen LogP contribution in [0.2, 0.25) is 0 Å². The largest absolute Gasteiger partial charge is 0.272 e. The van der Waals surface area contributed by atoms with Crippen LogP contribution in [0.3, 0.4) is 0 Å². The second kappa shape index (κ2) is 8.01. The van der Waals surface area contributed by atoms with Gasteiger partial charge in [-0.25, -0.2) is 10.0 Å². The Kier molecular flexibility index (Phi) is 5.27. The van der Waals surface area contributed by atoms with Crippen LogP contribution in [-0.4, -0.2) is 21.3 Å². The first kappa shape index (κ1) is 19.1. The summed E-state index contributed by atoms with van der Waals surface area (Å²) < 4.78 is 13.1. The molecule has 0 saturated carbocycles. The van der Waals surface area contributed by atoms with E-state index in [0.717, 1.165) is 0 Å². The quantitative estimate of drug-likeness (QED) is 0.608. The molecule has 0 radical (unpaired) electrons. The molecule has 1 fully saturated rings. The van der Waals surface area contributed by atoms with Crippen molar-refractivity contribution in [3.63, 3.8) is 0 Å². The summed E-state index contributed by atoms with van der Waals surface area (Å²) in [5.41, 5.74) is 1.18. The number of rotatable bonds is 5. The van der Waals surface area contributed by atoms with Crippen LogP contribution in [0.5, 0.6) is 0 Å². The molecule has 0 aliphatic carbocycles. The van der Waals surface area contributed by atoms with Crippen molar-refractivity contribution in [3.8, 4) is 0 Å². The number of anilines is 2. The molecule has 1 aliphatic rings. The molecule has 6 heteroatoms. The minimum absolute atomic E-state index is 0.373. The smallest absolute Gasteiger partial charge is 0.260 e. The molecule has 1 aliphatic heterocycles. The number of amides is 2. The molecule has 2 unspecified atom stereocenters. The zero-order valence-corrected chi connectivity index (χ0v) is 16.7. The number of nitrogens with zero attached hydrogens (tertiary/aromatic N) is 2. The van der Waals surface area contributed by atoms with Gasteiger partial charge in [-0.15, -0.1) is 0 Å². The fourth-order valence-electron chi connectivity index (χ4n) is 3.48. The molecule has 146 valence electrons. The van der Waals surface area contributed by atoms with Gasteiger partial charge in [-0.3, -0.25) is 13.8 Å². The molecular weight excluding hydrogens is 384 g/mol. The Bertz CT molecular complexity index is 984. The summed E-state index contributed by atoms with van der Waals surface area (Å²) in [6, 6.07) is 27.0. The number of hydrogen-bond acceptors (Lipinski definition) is 3. The first-order valence-corrected chi connectivity index (χ1v) is 10.5. The maximum absolute atomic E-state index is 13.4. The third-order valence-electron chi connectivity index (χ3n) is 4.93. The van der Waals surface area contributed by atoms with Crippen LogP contribution in [0.4, 0.5) is 11.4 Å². The summed E-state index contributed by atoms with van der Waals surface area (Å²) in [7, 11) is -1.50. The molecule has 2 amide bonds. The van der Waals surface area contributed by atoms with Crippen LogP contribution in [0.1, 0.15) is 6.92 Å². The molecule has 0 bridgehead atoms. The number of carbonyl (C=O) groups is 2.